The lowest BCUT2D eigenvalue weighted by molar-refractivity contribution is -0.809. The van der Waals surface area contributed by atoms with Crippen molar-refractivity contribution in [2.45, 2.75) is 45.7 Å². The Hall–Kier alpha value is -1.18. The smallest absolute Gasteiger partial charge is 0.535 e. The van der Waals surface area contributed by atoms with Crippen LogP contribution in [0.15, 0.2) is 0 Å². The summed E-state index contributed by atoms with van der Waals surface area (Å²) in [4.78, 5) is 9.84. The van der Waals surface area contributed by atoms with Gasteiger partial charge in [0.1, 0.15) is 12.5 Å². The molecule has 1 N–H and O–H groups in total. The van der Waals surface area contributed by atoms with Crippen molar-refractivity contribution in [1.82, 2.24) is 0 Å². The second kappa shape index (κ2) is 9.70. The molecule has 0 saturated carbocycles. The summed E-state index contributed by atoms with van der Waals surface area (Å²) < 4.78 is 47.2. The second-order valence-electron chi connectivity index (χ2n) is 4.87. The molecule has 0 radical (unpaired) electrons. The molecule has 4 nitrogen and oxygen atoms in total. The first-order chi connectivity index (χ1) is 9.73. The number of carboxylic acid groups (broad SMARTS) is 1. The highest BCUT2D eigenvalue weighted by atomic mass is 19.4. The van der Waals surface area contributed by atoms with Gasteiger partial charge in [-0.3, -0.25) is 0 Å². The maximum Gasteiger partial charge on any atom is 0.535 e. The first-order valence-electron chi connectivity index (χ1n) is 7.14. The molecule has 0 spiro atoms. The quantitative estimate of drug-likeness (QED) is 0.430. The number of rotatable bonds is 6. The van der Waals surface area contributed by atoms with Gasteiger partial charge in [0.2, 0.25) is 0 Å². The lowest BCUT2D eigenvalue weighted by atomic mass is 10.3. The Labute approximate surface area is 122 Å². The third kappa shape index (κ3) is 7.99. The van der Waals surface area contributed by atoms with E-state index < -0.39 is 12.1 Å². The van der Waals surface area contributed by atoms with Gasteiger partial charge in [-0.15, -0.1) is 4.58 Å². The second-order valence-corrected chi connectivity index (χ2v) is 4.87. The summed E-state index contributed by atoms with van der Waals surface area (Å²) in [7, 11) is 0. The Morgan fingerprint density at radius 2 is 1.81 bits per heavy atom. The average molecular weight is 315 g/mol. The molecule has 21 heavy (non-hydrogen) atoms. The summed E-state index contributed by atoms with van der Waals surface area (Å²) in [6, 6.07) is 0. The minimum absolute atomic E-state index is 0.0897. The minimum atomic E-state index is -5.19. The predicted octanol–water partition coefficient (Wildman–Crippen LogP) is 0.122. The van der Waals surface area contributed by atoms with Crippen LogP contribution in [0.4, 0.5) is 17.6 Å². The summed E-state index contributed by atoms with van der Waals surface area (Å²) >= 11 is 0. The summed E-state index contributed by atoms with van der Waals surface area (Å²) in [5, 5.41) is 8.78. The van der Waals surface area contributed by atoms with E-state index in [-0.39, 0.29) is 6.09 Å². The molecule has 1 heterocycles. The highest BCUT2D eigenvalue weighted by Crippen LogP contribution is 2.11. The first-order valence-corrected chi connectivity index (χ1v) is 7.14. The molecule has 124 valence electrons. The van der Waals surface area contributed by atoms with E-state index in [1.54, 1.807) is 0 Å². The average Bonchev–Trinajstić information content (AvgIpc) is 2.74. The Morgan fingerprint density at radius 1 is 1.29 bits per heavy atom. The SMILES string of the molecule is CCCC[N+]1=C(F)[NH+](CCCC)CC1.O=C([O-])C(F)(F)F. The lowest BCUT2D eigenvalue weighted by Crippen LogP contribution is -3.13. The van der Waals surface area contributed by atoms with Crippen molar-refractivity contribution in [3.63, 3.8) is 0 Å². The molecule has 0 bridgehead atoms. The van der Waals surface area contributed by atoms with Gasteiger partial charge in [0, 0.05) is 6.42 Å². The Balaban J connectivity index is 0.000000486. The Morgan fingerprint density at radius 3 is 2.24 bits per heavy atom. The van der Waals surface area contributed by atoms with Crippen LogP contribution in [0, 0.1) is 0 Å². The van der Waals surface area contributed by atoms with Crippen LogP contribution in [-0.2, 0) is 4.79 Å². The predicted molar refractivity (Wildman–Crippen MR) is 67.7 cm³/mol. The number of carboxylic acids is 1. The molecule has 0 saturated heterocycles. The van der Waals surface area contributed by atoms with Crippen molar-refractivity contribution in [2.24, 2.45) is 0 Å². The number of aliphatic carboxylic acids is 1. The lowest BCUT2D eigenvalue weighted by Gasteiger charge is -2.03. The molecule has 8 heteroatoms. The van der Waals surface area contributed by atoms with Crippen LogP contribution in [0.5, 0.6) is 0 Å². The number of amidine groups is 1. The maximum atomic E-state index is 13.7. The monoisotopic (exact) mass is 315 g/mol. The van der Waals surface area contributed by atoms with Crippen molar-refractivity contribution in [3.8, 4) is 0 Å². The summed E-state index contributed by atoms with van der Waals surface area (Å²) in [6.07, 6.45) is -0.564. The number of quaternary nitrogens is 1. The maximum absolute atomic E-state index is 13.7. The molecular weight excluding hydrogens is 292 g/mol. The van der Waals surface area contributed by atoms with E-state index in [1.807, 2.05) is 4.58 Å². The van der Waals surface area contributed by atoms with Crippen LogP contribution in [0.25, 0.3) is 0 Å². The normalized spacial score (nSPS) is 18.5. The highest BCUT2D eigenvalue weighted by molar-refractivity contribution is 5.70. The fraction of sp³-hybridized carbons (Fsp3) is 0.846. The standard InChI is InChI=1S/C11H22FN2.C2HF3O2/c1-3-5-7-13-9-10-14(11(13)12)8-6-4-2;3-2(4,5)1(6)7/h3-10H2,1-2H3;(H,6,7)/q+1;. The van der Waals surface area contributed by atoms with Gasteiger partial charge in [-0.25, -0.2) is 4.90 Å². The van der Waals surface area contributed by atoms with Crippen molar-refractivity contribution in [2.75, 3.05) is 26.2 Å². The molecule has 1 rings (SSSR count). The van der Waals surface area contributed by atoms with Crippen molar-refractivity contribution in [3.05, 3.63) is 0 Å². The first kappa shape index (κ1) is 19.8. The number of alkyl halides is 3. The van der Waals surface area contributed by atoms with Crippen molar-refractivity contribution < 1.29 is 36.9 Å². The number of halogens is 4. The van der Waals surface area contributed by atoms with E-state index in [0.717, 1.165) is 56.8 Å². The molecule has 1 aliphatic heterocycles. The number of carbonyl (C=O) groups is 1. The third-order valence-corrected chi connectivity index (χ3v) is 3.10. The molecule has 0 aromatic rings. The molecular formula is C13H23F4N2O2+. The number of carbonyl (C=O) groups excluding carboxylic acids is 1. The molecule has 1 unspecified atom stereocenters. The van der Waals surface area contributed by atoms with Gasteiger partial charge < -0.3 is 9.90 Å². The van der Waals surface area contributed by atoms with Gasteiger partial charge in [0.15, 0.2) is 13.1 Å². The summed E-state index contributed by atoms with van der Waals surface area (Å²) in [6.45, 7) is 8.03. The molecule has 1 aliphatic rings. The van der Waals surface area contributed by atoms with E-state index in [9.17, 15) is 17.6 Å². The number of hydrogen-bond acceptors (Lipinski definition) is 2. The zero-order chi connectivity index (χ0) is 16.5. The highest BCUT2D eigenvalue weighted by Gasteiger charge is 2.34. The summed E-state index contributed by atoms with van der Waals surface area (Å²) in [5.74, 6) is -3.01. The van der Waals surface area contributed by atoms with Gasteiger partial charge in [-0.1, -0.05) is 31.1 Å². The minimum Gasteiger partial charge on any atom is -0.542 e. The fourth-order valence-corrected chi connectivity index (χ4v) is 1.87. The van der Waals surface area contributed by atoms with Gasteiger partial charge in [-0.05, 0) is 6.42 Å². The van der Waals surface area contributed by atoms with Gasteiger partial charge in [-0.2, -0.15) is 13.2 Å². The number of nitrogens with one attached hydrogen (secondary N) is 1. The van der Waals surface area contributed by atoms with E-state index in [4.69, 9.17) is 9.90 Å². The molecule has 0 aromatic heterocycles. The van der Waals surface area contributed by atoms with E-state index in [2.05, 4.69) is 13.8 Å². The van der Waals surface area contributed by atoms with E-state index in [0.29, 0.717) is 0 Å². The molecule has 0 fully saturated rings. The van der Waals surface area contributed by atoms with Crippen LogP contribution < -0.4 is 10.0 Å². The van der Waals surface area contributed by atoms with Gasteiger partial charge in [0.05, 0.1) is 6.54 Å². The fourth-order valence-electron chi connectivity index (χ4n) is 1.87. The third-order valence-electron chi connectivity index (χ3n) is 3.10. The molecule has 0 amide bonds. The Bertz CT molecular complexity index is 357. The Kier molecular flexibility index (Phi) is 9.16. The molecule has 0 aliphatic carbocycles. The molecule has 0 aromatic carbocycles. The van der Waals surface area contributed by atoms with Crippen molar-refractivity contribution in [1.29, 1.82) is 0 Å². The van der Waals surface area contributed by atoms with Gasteiger partial charge >= 0.3 is 12.3 Å². The topological polar surface area (TPSA) is 47.6 Å². The van der Waals surface area contributed by atoms with E-state index in [1.165, 1.54) is 0 Å². The van der Waals surface area contributed by atoms with E-state index >= 15 is 0 Å². The van der Waals surface area contributed by atoms with Crippen LogP contribution >= 0.6 is 0 Å². The zero-order valence-corrected chi connectivity index (χ0v) is 12.4. The summed E-state index contributed by atoms with van der Waals surface area (Å²) in [5.41, 5.74) is 0. The van der Waals surface area contributed by atoms with Crippen LogP contribution in [0.3, 0.4) is 0 Å². The van der Waals surface area contributed by atoms with Crippen LogP contribution in [0.2, 0.25) is 0 Å². The largest absolute Gasteiger partial charge is 0.542 e. The van der Waals surface area contributed by atoms with Gasteiger partial charge in [0.25, 0.3) is 0 Å². The van der Waals surface area contributed by atoms with Crippen LogP contribution in [0.1, 0.15) is 39.5 Å². The zero-order valence-electron chi connectivity index (χ0n) is 12.4. The number of nitrogens with zero attached hydrogens (tertiary/aromatic N) is 1. The van der Waals surface area contributed by atoms with Crippen molar-refractivity contribution >= 4 is 12.1 Å². The number of unbranched alkanes of at least 4 members (excludes halogenated alkanes) is 2. The number of hydrogen-bond donors (Lipinski definition) is 1. The molecule has 1 atom stereocenters. The van der Waals surface area contributed by atoms with Crippen LogP contribution in [-0.4, -0.2) is 49.0 Å².